The molecule has 1 aromatic rings. The highest BCUT2D eigenvalue weighted by Gasteiger charge is 2.32. The van der Waals surface area contributed by atoms with Crippen LogP contribution >= 0.6 is 0 Å². The molecule has 5 N–H and O–H groups in total. The smallest absolute Gasteiger partial charge is 0.222 e. The molecule has 0 spiro atoms. The minimum absolute atomic E-state index is 0.304. The van der Waals surface area contributed by atoms with Crippen LogP contribution in [0, 0.1) is 5.92 Å². The van der Waals surface area contributed by atoms with Crippen LogP contribution in [0.5, 0.6) is 0 Å². The topological polar surface area (TPSA) is 89.8 Å². The van der Waals surface area contributed by atoms with Gasteiger partial charge in [-0.2, -0.15) is 4.98 Å². The number of anilines is 2. The number of piperidine rings is 1. The lowest BCUT2D eigenvalue weighted by Gasteiger charge is -2.37. The molecule has 0 unspecified atom stereocenters. The van der Waals surface area contributed by atoms with E-state index < -0.39 is 0 Å². The summed E-state index contributed by atoms with van der Waals surface area (Å²) in [5, 5.41) is 3.56. The van der Waals surface area contributed by atoms with Crippen molar-refractivity contribution in [2.24, 2.45) is 5.92 Å². The molecular formula is C11H17N5. The van der Waals surface area contributed by atoms with Crippen LogP contribution in [0.15, 0.2) is 0 Å². The zero-order chi connectivity index (χ0) is 11.1. The van der Waals surface area contributed by atoms with Gasteiger partial charge in [0, 0.05) is 11.6 Å². The van der Waals surface area contributed by atoms with Gasteiger partial charge < -0.3 is 16.8 Å². The van der Waals surface area contributed by atoms with Gasteiger partial charge in [0.2, 0.25) is 5.95 Å². The molecule has 0 amide bonds. The minimum Gasteiger partial charge on any atom is -0.383 e. The van der Waals surface area contributed by atoms with Gasteiger partial charge in [-0.25, -0.2) is 4.98 Å². The Kier molecular flexibility index (Phi) is 2.21. The summed E-state index contributed by atoms with van der Waals surface area (Å²) < 4.78 is 0. The van der Waals surface area contributed by atoms with Crippen LogP contribution in [0.3, 0.4) is 0 Å². The second-order valence-corrected chi connectivity index (χ2v) is 4.76. The highest BCUT2D eigenvalue weighted by Crippen LogP contribution is 2.32. The summed E-state index contributed by atoms with van der Waals surface area (Å²) in [7, 11) is 0. The van der Waals surface area contributed by atoms with Crippen molar-refractivity contribution in [3.8, 4) is 0 Å². The fraction of sp³-hybridized carbons (Fsp3) is 0.636. The van der Waals surface area contributed by atoms with Crippen LogP contribution < -0.4 is 16.8 Å². The average Bonchev–Trinajstić information content (AvgIpc) is 2.27. The maximum Gasteiger partial charge on any atom is 0.222 e. The van der Waals surface area contributed by atoms with E-state index in [1.54, 1.807) is 0 Å². The lowest BCUT2D eigenvalue weighted by molar-refractivity contribution is 0.261. The molecular weight excluding hydrogens is 202 g/mol. The quantitative estimate of drug-likeness (QED) is 0.576. The van der Waals surface area contributed by atoms with Crippen molar-refractivity contribution in [1.82, 2.24) is 15.3 Å². The van der Waals surface area contributed by atoms with Gasteiger partial charge in [-0.05, 0) is 38.1 Å². The zero-order valence-electron chi connectivity index (χ0n) is 9.24. The number of nitrogens with one attached hydrogen (secondary N) is 1. The number of aromatic nitrogens is 2. The minimum atomic E-state index is 0.304. The Morgan fingerprint density at radius 1 is 1.19 bits per heavy atom. The van der Waals surface area contributed by atoms with Gasteiger partial charge in [0.05, 0.1) is 5.69 Å². The third-order valence-electron chi connectivity index (χ3n) is 3.75. The van der Waals surface area contributed by atoms with Gasteiger partial charge in [0.1, 0.15) is 5.82 Å². The van der Waals surface area contributed by atoms with E-state index in [4.69, 9.17) is 11.5 Å². The second-order valence-electron chi connectivity index (χ2n) is 4.76. The molecule has 16 heavy (non-hydrogen) atoms. The molecule has 1 aliphatic heterocycles. The molecule has 2 heterocycles. The zero-order valence-corrected chi connectivity index (χ0v) is 9.24. The SMILES string of the molecule is Nc1nc(N)c2c(n1)C[C@@H]1CCCN[C@H]1C2. The van der Waals surface area contributed by atoms with Crippen LogP contribution in [-0.2, 0) is 12.8 Å². The van der Waals surface area contributed by atoms with Gasteiger partial charge in [0.15, 0.2) is 0 Å². The molecule has 1 aliphatic carbocycles. The lowest BCUT2D eigenvalue weighted by atomic mass is 9.78. The van der Waals surface area contributed by atoms with Gasteiger partial charge in [-0.3, -0.25) is 0 Å². The summed E-state index contributed by atoms with van der Waals surface area (Å²) >= 11 is 0. The third kappa shape index (κ3) is 1.51. The number of rotatable bonds is 0. The Morgan fingerprint density at radius 2 is 2.06 bits per heavy atom. The van der Waals surface area contributed by atoms with E-state index >= 15 is 0 Å². The first kappa shape index (κ1) is 9.84. The van der Waals surface area contributed by atoms with Crippen molar-refractivity contribution in [2.45, 2.75) is 31.7 Å². The largest absolute Gasteiger partial charge is 0.383 e. The van der Waals surface area contributed by atoms with E-state index in [0.29, 0.717) is 23.7 Å². The Bertz CT molecular complexity index is 417. The van der Waals surface area contributed by atoms with Crippen molar-refractivity contribution < 1.29 is 0 Å². The molecule has 0 aromatic carbocycles. The number of hydrogen-bond acceptors (Lipinski definition) is 5. The Morgan fingerprint density at radius 3 is 2.94 bits per heavy atom. The first-order valence-corrected chi connectivity index (χ1v) is 5.88. The summed E-state index contributed by atoms with van der Waals surface area (Å²) in [5.41, 5.74) is 13.7. The van der Waals surface area contributed by atoms with E-state index in [1.165, 1.54) is 12.8 Å². The molecule has 5 nitrogen and oxygen atoms in total. The number of nitrogens with two attached hydrogens (primary N) is 2. The van der Waals surface area contributed by atoms with Gasteiger partial charge in [0.25, 0.3) is 0 Å². The normalized spacial score (nSPS) is 28.2. The van der Waals surface area contributed by atoms with E-state index in [1.807, 2.05) is 0 Å². The van der Waals surface area contributed by atoms with Gasteiger partial charge >= 0.3 is 0 Å². The Labute approximate surface area is 94.6 Å². The monoisotopic (exact) mass is 219 g/mol. The number of hydrogen-bond donors (Lipinski definition) is 3. The maximum atomic E-state index is 5.91. The molecule has 2 aliphatic rings. The molecule has 3 rings (SSSR count). The van der Waals surface area contributed by atoms with E-state index in [9.17, 15) is 0 Å². The summed E-state index contributed by atoms with van der Waals surface area (Å²) in [5.74, 6) is 1.56. The van der Waals surface area contributed by atoms with Gasteiger partial charge in [-0.15, -0.1) is 0 Å². The van der Waals surface area contributed by atoms with Gasteiger partial charge in [-0.1, -0.05) is 0 Å². The Balaban J connectivity index is 1.98. The van der Waals surface area contributed by atoms with E-state index in [-0.39, 0.29) is 0 Å². The summed E-state index contributed by atoms with van der Waals surface area (Å²) in [6.07, 6.45) is 4.48. The first-order valence-electron chi connectivity index (χ1n) is 5.88. The molecule has 1 saturated heterocycles. The first-order chi connectivity index (χ1) is 7.74. The maximum absolute atomic E-state index is 5.91. The van der Waals surface area contributed by atoms with Crippen LogP contribution in [-0.4, -0.2) is 22.6 Å². The summed E-state index contributed by atoms with van der Waals surface area (Å²) in [6, 6.07) is 0.552. The number of fused-ring (bicyclic) bond motifs is 2. The summed E-state index contributed by atoms with van der Waals surface area (Å²) in [6.45, 7) is 1.12. The van der Waals surface area contributed by atoms with Crippen LogP contribution in [0.1, 0.15) is 24.1 Å². The molecule has 2 atom stereocenters. The average molecular weight is 219 g/mol. The fourth-order valence-electron chi connectivity index (χ4n) is 2.93. The highest BCUT2D eigenvalue weighted by molar-refractivity contribution is 5.47. The fourth-order valence-corrected chi connectivity index (χ4v) is 2.93. The number of nitrogen functional groups attached to an aromatic ring is 2. The second kappa shape index (κ2) is 3.59. The van der Waals surface area contributed by atoms with Crippen LogP contribution in [0.4, 0.5) is 11.8 Å². The molecule has 86 valence electrons. The van der Waals surface area contributed by atoms with Crippen molar-refractivity contribution in [3.63, 3.8) is 0 Å². The Hall–Kier alpha value is -1.36. The lowest BCUT2D eigenvalue weighted by Crippen LogP contribution is -2.46. The predicted octanol–water partition coefficient (Wildman–Crippen LogP) is 0.108. The van der Waals surface area contributed by atoms with Crippen LogP contribution in [0.2, 0.25) is 0 Å². The van der Waals surface area contributed by atoms with E-state index in [0.717, 1.165) is 30.6 Å². The summed E-state index contributed by atoms with van der Waals surface area (Å²) in [4.78, 5) is 8.37. The van der Waals surface area contributed by atoms with Crippen molar-refractivity contribution in [3.05, 3.63) is 11.3 Å². The molecule has 0 bridgehead atoms. The molecule has 1 aromatic heterocycles. The van der Waals surface area contributed by atoms with E-state index in [2.05, 4.69) is 15.3 Å². The molecule has 1 fully saturated rings. The molecule has 0 radical (unpaired) electrons. The number of nitrogens with zero attached hydrogens (tertiary/aromatic N) is 2. The third-order valence-corrected chi connectivity index (χ3v) is 3.75. The predicted molar refractivity (Wildman–Crippen MR) is 62.8 cm³/mol. The standard InChI is InChI=1S/C11H17N5/c12-10-7-5-8-6(2-1-3-14-8)4-9(7)15-11(13)16-10/h6,8,14H,1-5H2,(H4,12,13,15,16)/t6-,8-/m0/s1. The van der Waals surface area contributed by atoms with Crippen molar-refractivity contribution in [1.29, 1.82) is 0 Å². The van der Waals surface area contributed by atoms with Crippen molar-refractivity contribution in [2.75, 3.05) is 18.0 Å². The molecule has 5 heteroatoms. The highest BCUT2D eigenvalue weighted by atomic mass is 15.0. The molecule has 0 saturated carbocycles. The van der Waals surface area contributed by atoms with Crippen molar-refractivity contribution >= 4 is 11.8 Å². The van der Waals surface area contributed by atoms with Crippen LogP contribution in [0.25, 0.3) is 0 Å².